The number of rotatable bonds is 7. The second kappa shape index (κ2) is 12.7. The number of fused-ring (bicyclic) bond motifs is 1. The van der Waals surface area contributed by atoms with Crippen LogP contribution in [-0.4, -0.2) is 70.3 Å². The Morgan fingerprint density at radius 3 is 2.42 bits per heavy atom. The number of urea groups is 1. The summed E-state index contributed by atoms with van der Waals surface area (Å²) in [7, 11) is 0. The van der Waals surface area contributed by atoms with E-state index in [2.05, 4.69) is 10.3 Å². The minimum atomic E-state index is -1.19. The fourth-order valence-electron chi connectivity index (χ4n) is 6.82. The topological polar surface area (TPSA) is 88.8 Å². The van der Waals surface area contributed by atoms with Gasteiger partial charge in [-0.2, -0.15) is 0 Å². The van der Waals surface area contributed by atoms with Crippen molar-refractivity contribution < 1.29 is 18.8 Å². The lowest BCUT2D eigenvalue weighted by molar-refractivity contribution is -0.145. The zero-order valence-corrected chi connectivity index (χ0v) is 26.4. The third-order valence-electron chi connectivity index (χ3n) is 8.90. The van der Waals surface area contributed by atoms with Gasteiger partial charge in [0.05, 0.1) is 16.5 Å². The average molecular weight is 651 g/mol. The Hall–Kier alpha value is -4.08. The van der Waals surface area contributed by atoms with Crippen LogP contribution in [0.1, 0.15) is 36.1 Å². The molecule has 0 aliphatic carbocycles. The molecule has 0 saturated carbocycles. The molecular formula is C34H34Cl2FN5O3. The number of likely N-dealkylation sites (tertiary alicyclic amines) is 1. The van der Waals surface area contributed by atoms with Gasteiger partial charge in [-0.25, -0.2) is 9.18 Å². The highest BCUT2D eigenvalue weighted by Gasteiger charge is 2.58. The number of hydrogen-bond donors (Lipinski definition) is 2. The standard InChI is InChI=1S/C34H34Cl2FN5O3/c1-2-38-33(45)41-14-12-40(13-15-41)32(44)34(18-22-6-4-3-5-7-22)19-30(43)42(21-23-8-11-27(36)28(37)16-23)31(34)26-20-39-29-17-24(35)9-10-25(26)29/h3-11,16-17,20,31,39H,2,12-15,18-19,21H2,1H3,(H,38,45)/t31-,34?/m0/s1. The molecule has 1 aromatic heterocycles. The van der Waals surface area contributed by atoms with Crippen molar-refractivity contribution in [1.29, 1.82) is 0 Å². The second-order valence-electron chi connectivity index (χ2n) is 11.7. The molecule has 2 aliphatic heterocycles. The molecule has 0 radical (unpaired) electrons. The summed E-state index contributed by atoms with van der Waals surface area (Å²) in [6.45, 7) is 3.94. The van der Waals surface area contributed by atoms with Gasteiger partial charge in [-0.15, -0.1) is 0 Å². The van der Waals surface area contributed by atoms with E-state index in [1.165, 1.54) is 12.1 Å². The summed E-state index contributed by atoms with van der Waals surface area (Å²) >= 11 is 12.3. The SMILES string of the molecule is CCNC(=O)N1CCN(C(=O)C2(Cc3ccccc3)CC(=O)N(Cc3ccc(Cl)c(F)c3)[C@H]2c2c[nH]c3cc(Cl)ccc23)CC1. The highest BCUT2D eigenvalue weighted by atomic mass is 35.5. The van der Waals surface area contributed by atoms with Crippen molar-refractivity contribution >= 4 is 52.0 Å². The van der Waals surface area contributed by atoms with Crippen LogP contribution < -0.4 is 5.32 Å². The largest absolute Gasteiger partial charge is 0.361 e. The number of piperazine rings is 1. The molecule has 234 valence electrons. The normalized spacial score (nSPS) is 20.2. The maximum atomic E-state index is 15.0. The quantitative estimate of drug-likeness (QED) is 0.250. The van der Waals surface area contributed by atoms with Crippen LogP contribution in [0.15, 0.2) is 72.9 Å². The predicted molar refractivity (Wildman–Crippen MR) is 172 cm³/mol. The van der Waals surface area contributed by atoms with Gasteiger partial charge in [0, 0.05) is 73.4 Å². The van der Waals surface area contributed by atoms with Crippen molar-refractivity contribution in [1.82, 2.24) is 25.0 Å². The van der Waals surface area contributed by atoms with Crippen LogP contribution in [0.4, 0.5) is 9.18 Å². The van der Waals surface area contributed by atoms with Crippen LogP contribution in [0.3, 0.4) is 0 Å². The predicted octanol–water partition coefficient (Wildman–Crippen LogP) is 6.19. The molecule has 6 rings (SSSR count). The fraction of sp³-hybridized carbons (Fsp3) is 0.324. The number of hydrogen-bond acceptors (Lipinski definition) is 3. The van der Waals surface area contributed by atoms with Crippen LogP contribution in [0.2, 0.25) is 10.0 Å². The number of carbonyl (C=O) groups excluding carboxylic acids is 3. The van der Waals surface area contributed by atoms with Gasteiger partial charge in [0.1, 0.15) is 5.82 Å². The summed E-state index contributed by atoms with van der Waals surface area (Å²) in [6, 6.07) is 18.9. The molecular weight excluding hydrogens is 616 g/mol. The molecule has 3 heterocycles. The van der Waals surface area contributed by atoms with Crippen molar-refractivity contribution in [2.24, 2.45) is 5.41 Å². The number of H-pyrrole nitrogens is 1. The van der Waals surface area contributed by atoms with Gasteiger partial charge in [-0.3, -0.25) is 9.59 Å². The van der Waals surface area contributed by atoms with E-state index in [0.29, 0.717) is 49.7 Å². The third-order valence-corrected chi connectivity index (χ3v) is 9.44. The maximum Gasteiger partial charge on any atom is 0.317 e. The number of nitrogens with one attached hydrogen (secondary N) is 2. The zero-order valence-electron chi connectivity index (χ0n) is 24.9. The number of nitrogens with zero attached hydrogens (tertiary/aromatic N) is 3. The Morgan fingerprint density at radius 2 is 1.71 bits per heavy atom. The molecule has 0 spiro atoms. The first-order valence-corrected chi connectivity index (χ1v) is 15.8. The molecule has 11 heteroatoms. The van der Waals surface area contributed by atoms with E-state index in [0.717, 1.165) is 22.0 Å². The highest BCUT2D eigenvalue weighted by molar-refractivity contribution is 6.31. The van der Waals surface area contributed by atoms with Gasteiger partial charge < -0.3 is 25.0 Å². The van der Waals surface area contributed by atoms with Crippen LogP contribution in [0.25, 0.3) is 10.9 Å². The Bertz CT molecular complexity index is 1740. The van der Waals surface area contributed by atoms with Crippen LogP contribution >= 0.6 is 23.2 Å². The van der Waals surface area contributed by atoms with Crippen LogP contribution in [0.5, 0.6) is 0 Å². The molecule has 2 atom stereocenters. The summed E-state index contributed by atoms with van der Waals surface area (Å²) in [5.74, 6) is -0.923. The third kappa shape index (κ3) is 5.99. The zero-order chi connectivity index (χ0) is 31.7. The average Bonchev–Trinajstić information content (AvgIpc) is 3.56. The second-order valence-corrected chi connectivity index (χ2v) is 12.6. The Morgan fingerprint density at radius 1 is 0.978 bits per heavy atom. The van der Waals surface area contributed by atoms with E-state index in [1.54, 1.807) is 26.8 Å². The molecule has 8 nitrogen and oxygen atoms in total. The first-order chi connectivity index (χ1) is 21.7. The fourth-order valence-corrected chi connectivity index (χ4v) is 7.10. The number of carbonyl (C=O) groups is 3. The van der Waals surface area contributed by atoms with Gasteiger partial charge in [-0.05, 0) is 48.7 Å². The first-order valence-electron chi connectivity index (χ1n) is 15.1. The summed E-state index contributed by atoms with van der Waals surface area (Å²) in [5.41, 5.74) is 1.87. The number of halogens is 3. The Labute approximate surface area is 271 Å². The molecule has 45 heavy (non-hydrogen) atoms. The van der Waals surface area contributed by atoms with E-state index < -0.39 is 17.3 Å². The molecule has 1 unspecified atom stereocenters. The van der Waals surface area contributed by atoms with E-state index in [1.807, 2.05) is 55.6 Å². The molecule has 2 fully saturated rings. The van der Waals surface area contributed by atoms with Crippen molar-refractivity contribution in [2.75, 3.05) is 32.7 Å². The van der Waals surface area contributed by atoms with Crippen LogP contribution in [-0.2, 0) is 22.6 Å². The van der Waals surface area contributed by atoms with E-state index >= 15 is 0 Å². The summed E-state index contributed by atoms with van der Waals surface area (Å²) in [6.07, 6.45) is 2.13. The molecule has 2 N–H and O–H groups in total. The van der Waals surface area contributed by atoms with E-state index in [-0.39, 0.29) is 35.8 Å². The number of aromatic nitrogens is 1. The van der Waals surface area contributed by atoms with Gasteiger partial charge >= 0.3 is 6.03 Å². The summed E-state index contributed by atoms with van der Waals surface area (Å²) < 4.78 is 14.6. The van der Waals surface area contributed by atoms with Gasteiger partial charge in [-0.1, -0.05) is 65.7 Å². The Kier molecular flexibility index (Phi) is 8.75. The summed E-state index contributed by atoms with van der Waals surface area (Å²) in [5, 5.41) is 4.23. The maximum absolute atomic E-state index is 15.0. The van der Waals surface area contributed by atoms with E-state index in [9.17, 15) is 18.8 Å². The lowest BCUT2D eigenvalue weighted by Gasteiger charge is -2.43. The molecule has 2 aliphatic rings. The smallest absolute Gasteiger partial charge is 0.317 e. The van der Waals surface area contributed by atoms with Crippen molar-refractivity contribution in [3.63, 3.8) is 0 Å². The lowest BCUT2D eigenvalue weighted by Crippen LogP contribution is -2.57. The highest BCUT2D eigenvalue weighted by Crippen LogP contribution is 2.53. The number of benzene rings is 3. The van der Waals surface area contributed by atoms with Gasteiger partial charge in [0.25, 0.3) is 0 Å². The number of aromatic amines is 1. The molecule has 4 amide bonds. The minimum absolute atomic E-state index is 0.00285. The van der Waals surface area contributed by atoms with Crippen molar-refractivity contribution in [3.05, 3.63) is 105 Å². The molecule has 4 aromatic rings. The van der Waals surface area contributed by atoms with Crippen molar-refractivity contribution in [2.45, 2.75) is 32.4 Å². The molecule has 0 bridgehead atoms. The van der Waals surface area contributed by atoms with Crippen molar-refractivity contribution in [3.8, 4) is 0 Å². The summed E-state index contributed by atoms with van der Waals surface area (Å²) in [4.78, 5) is 50.2. The van der Waals surface area contributed by atoms with Gasteiger partial charge in [0.15, 0.2) is 0 Å². The lowest BCUT2D eigenvalue weighted by atomic mass is 9.71. The minimum Gasteiger partial charge on any atom is -0.361 e. The first kappa shape index (κ1) is 30.9. The number of amides is 4. The van der Waals surface area contributed by atoms with E-state index in [4.69, 9.17) is 23.2 Å². The molecule has 2 saturated heterocycles. The monoisotopic (exact) mass is 649 g/mol. The van der Waals surface area contributed by atoms with Gasteiger partial charge in [0.2, 0.25) is 11.8 Å². The van der Waals surface area contributed by atoms with Crippen LogP contribution in [0, 0.1) is 11.2 Å². The molecule has 3 aromatic carbocycles. The Balaban J connectivity index is 1.46.